The van der Waals surface area contributed by atoms with Crippen molar-refractivity contribution in [3.05, 3.63) is 194 Å². The predicted octanol–water partition coefficient (Wildman–Crippen LogP) is 12.8. The summed E-state index contributed by atoms with van der Waals surface area (Å²) < 4.78 is 0. The molecular weight excluding hydrogens is 605 g/mol. The van der Waals surface area contributed by atoms with Gasteiger partial charge in [0, 0.05) is 28.1 Å². The second kappa shape index (κ2) is 12.8. The quantitative estimate of drug-likeness (QED) is 0.181. The maximum atomic E-state index is 5.27. The lowest BCUT2D eigenvalue weighted by Crippen LogP contribution is -1.92. The van der Waals surface area contributed by atoms with Crippen LogP contribution in [0.4, 0.5) is 0 Å². The van der Waals surface area contributed by atoms with Gasteiger partial charge in [-0.1, -0.05) is 140 Å². The maximum Gasteiger partial charge on any atom is 0.0716 e. The Morgan fingerprint density at radius 2 is 0.820 bits per heavy atom. The van der Waals surface area contributed by atoms with E-state index in [4.69, 9.17) is 9.97 Å². The lowest BCUT2D eigenvalue weighted by atomic mass is 9.92. The molecule has 0 bridgehead atoms. The largest absolute Gasteiger partial charge is 0.256 e. The van der Waals surface area contributed by atoms with Gasteiger partial charge in [0.15, 0.2) is 0 Å². The second-order valence-electron chi connectivity index (χ2n) is 12.7. The molecule has 2 heteroatoms. The van der Waals surface area contributed by atoms with Crippen LogP contribution in [0.3, 0.4) is 0 Å². The second-order valence-corrected chi connectivity index (χ2v) is 12.7. The molecule has 0 unspecified atom stereocenters. The molecule has 0 spiro atoms. The van der Waals surface area contributed by atoms with Crippen LogP contribution < -0.4 is 0 Å². The van der Waals surface area contributed by atoms with Crippen molar-refractivity contribution >= 4 is 21.8 Å². The summed E-state index contributed by atoms with van der Waals surface area (Å²) in [6, 6.07) is 66.8. The van der Waals surface area contributed by atoms with Crippen molar-refractivity contribution in [2.24, 2.45) is 0 Å². The number of hydrogen-bond donors (Lipinski definition) is 0. The summed E-state index contributed by atoms with van der Waals surface area (Å²) in [6.45, 7) is 0. The molecule has 2 heterocycles. The first-order valence-corrected chi connectivity index (χ1v) is 17.0. The highest BCUT2D eigenvalue weighted by atomic mass is 14.7. The van der Waals surface area contributed by atoms with Crippen LogP contribution in [0.5, 0.6) is 0 Å². The minimum atomic E-state index is 0.946. The van der Waals surface area contributed by atoms with E-state index in [9.17, 15) is 0 Å². The Balaban J connectivity index is 1.21. The van der Waals surface area contributed by atoms with Crippen LogP contribution in [0, 0.1) is 0 Å². The Morgan fingerprint density at radius 1 is 0.300 bits per heavy atom. The van der Waals surface area contributed by atoms with Crippen molar-refractivity contribution in [1.82, 2.24) is 9.97 Å². The van der Waals surface area contributed by atoms with E-state index in [1.807, 2.05) is 12.3 Å². The number of para-hydroxylation sites is 1. The molecule has 0 amide bonds. The first-order chi connectivity index (χ1) is 24.7. The predicted molar refractivity (Wildman–Crippen MR) is 210 cm³/mol. The number of rotatable bonds is 6. The molecular formula is C48H32N2. The smallest absolute Gasteiger partial charge is 0.0716 e. The summed E-state index contributed by atoms with van der Waals surface area (Å²) in [5.74, 6) is 0. The lowest BCUT2D eigenvalue weighted by molar-refractivity contribution is 1.39. The molecule has 50 heavy (non-hydrogen) atoms. The summed E-state index contributed by atoms with van der Waals surface area (Å²) in [5, 5.41) is 2.25. The molecule has 0 saturated carbocycles. The van der Waals surface area contributed by atoms with Gasteiger partial charge in [0.25, 0.3) is 0 Å². The monoisotopic (exact) mass is 636 g/mol. The number of fused-ring (bicyclic) bond motifs is 2. The van der Waals surface area contributed by atoms with Crippen molar-refractivity contribution in [2.75, 3.05) is 0 Å². The van der Waals surface area contributed by atoms with Crippen molar-refractivity contribution in [3.8, 4) is 66.9 Å². The maximum absolute atomic E-state index is 5.27. The fourth-order valence-corrected chi connectivity index (χ4v) is 6.88. The van der Waals surface area contributed by atoms with E-state index < -0.39 is 0 Å². The Kier molecular flexibility index (Phi) is 7.53. The van der Waals surface area contributed by atoms with Gasteiger partial charge in [-0.05, 0) is 98.6 Å². The molecule has 0 aliphatic rings. The lowest BCUT2D eigenvalue weighted by Gasteiger charge is -2.14. The number of pyridine rings is 2. The third-order valence-electron chi connectivity index (χ3n) is 9.47. The number of hydrogen-bond acceptors (Lipinski definition) is 2. The average Bonchev–Trinajstić information content (AvgIpc) is 3.21. The van der Waals surface area contributed by atoms with E-state index in [-0.39, 0.29) is 0 Å². The fraction of sp³-hybridized carbons (Fsp3) is 0. The Hall–Kier alpha value is -6.64. The highest BCUT2D eigenvalue weighted by Crippen LogP contribution is 2.38. The molecule has 0 aliphatic heterocycles. The van der Waals surface area contributed by atoms with Crippen molar-refractivity contribution in [2.45, 2.75) is 0 Å². The normalized spacial score (nSPS) is 11.2. The Morgan fingerprint density at radius 3 is 1.54 bits per heavy atom. The first-order valence-electron chi connectivity index (χ1n) is 17.0. The standard InChI is InChI=1S/C48H32N2/c1-3-12-33(13-4-1)35-17-9-19-37(26-35)39-24-25-47-45(30-39)44(31-48(50-47)42-22-11-18-36(28-42)34-14-5-2-6-15-34)40-21-10-20-38(27-40)43-29-41-16-7-8-23-46(41)49-32-43/h1-32H. The Bertz CT molecular complexity index is 2640. The summed E-state index contributed by atoms with van der Waals surface area (Å²) in [6.07, 6.45) is 1.98. The van der Waals surface area contributed by atoms with E-state index in [2.05, 4.69) is 182 Å². The van der Waals surface area contributed by atoms with Crippen LogP contribution in [-0.2, 0) is 0 Å². The zero-order chi connectivity index (χ0) is 33.3. The first kappa shape index (κ1) is 29.5. The van der Waals surface area contributed by atoms with Crippen molar-refractivity contribution in [3.63, 3.8) is 0 Å². The van der Waals surface area contributed by atoms with E-state index in [1.54, 1.807) is 0 Å². The SMILES string of the molecule is c1ccc(-c2cccc(-c3ccc4nc(-c5cccc(-c6ccccc6)c5)cc(-c5cccc(-c6cnc7ccccc7c6)c5)c4c3)c2)cc1. The molecule has 234 valence electrons. The zero-order valence-corrected chi connectivity index (χ0v) is 27.4. The molecule has 0 N–H and O–H groups in total. The highest BCUT2D eigenvalue weighted by Gasteiger charge is 2.14. The third-order valence-corrected chi connectivity index (χ3v) is 9.47. The molecule has 0 aliphatic carbocycles. The molecule has 0 atom stereocenters. The molecule has 0 saturated heterocycles. The molecule has 7 aromatic carbocycles. The van der Waals surface area contributed by atoms with E-state index >= 15 is 0 Å². The zero-order valence-electron chi connectivity index (χ0n) is 27.4. The topological polar surface area (TPSA) is 25.8 Å². The summed E-state index contributed by atoms with van der Waals surface area (Å²) in [7, 11) is 0. The van der Waals surface area contributed by atoms with E-state index in [1.165, 1.54) is 27.8 Å². The summed E-state index contributed by atoms with van der Waals surface area (Å²) in [5.41, 5.74) is 15.6. The molecule has 2 aromatic heterocycles. The number of benzene rings is 7. The summed E-state index contributed by atoms with van der Waals surface area (Å²) >= 11 is 0. The molecule has 0 radical (unpaired) electrons. The fourth-order valence-electron chi connectivity index (χ4n) is 6.88. The van der Waals surface area contributed by atoms with Crippen molar-refractivity contribution < 1.29 is 0 Å². The van der Waals surface area contributed by atoms with Gasteiger partial charge >= 0.3 is 0 Å². The van der Waals surface area contributed by atoms with Crippen LogP contribution in [0.1, 0.15) is 0 Å². The minimum absolute atomic E-state index is 0.946. The van der Waals surface area contributed by atoms with Crippen LogP contribution >= 0.6 is 0 Å². The van der Waals surface area contributed by atoms with Crippen LogP contribution in [0.25, 0.3) is 88.7 Å². The van der Waals surface area contributed by atoms with Gasteiger partial charge in [-0.15, -0.1) is 0 Å². The molecule has 2 nitrogen and oxygen atoms in total. The number of aromatic nitrogens is 2. The van der Waals surface area contributed by atoms with Gasteiger partial charge in [0.1, 0.15) is 0 Å². The minimum Gasteiger partial charge on any atom is -0.256 e. The van der Waals surface area contributed by atoms with Crippen molar-refractivity contribution in [1.29, 1.82) is 0 Å². The van der Waals surface area contributed by atoms with E-state index in [0.717, 1.165) is 60.9 Å². The van der Waals surface area contributed by atoms with Crippen LogP contribution in [-0.4, -0.2) is 9.97 Å². The highest BCUT2D eigenvalue weighted by molar-refractivity contribution is 6.00. The number of nitrogens with zero attached hydrogens (tertiary/aromatic N) is 2. The molecule has 9 aromatic rings. The van der Waals surface area contributed by atoms with Gasteiger partial charge in [-0.25, -0.2) is 4.98 Å². The van der Waals surface area contributed by atoms with E-state index in [0.29, 0.717) is 0 Å². The van der Waals surface area contributed by atoms with Crippen LogP contribution in [0.2, 0.25) is 0 Å². The van der Waals surface area contributed by atoms with Gasteiger partial charge in [-0.3, -0.25) is 4.98 Å². The average molecular weight is 637 g/mol. The van der Waals surface area contributed by atoms with Crippen LogP contribution in [0.15, 0.2) is 194 Å². The van der Waals surface area contributed by atoms with Gasteiger partial charge in [-0.2, -0.15) is 0 Å². The molecule has 0 fully saturated rings. The van der Waals surface area contributed by atoms with Gasteiger partial charge in [0.05, 0.1) is 16.7 Å². The van der Waals surface area contributed by atoms with Gasteiger partial charge in [0.2, 0.25) is 0 Å². The molecule has 9 rings (SSSR count). The third kappa shape index (κ3) is 5.74. The van der Waals surface area contributed by atoms with Gasteiger partial charge < -0.3 is 0 Å². The summed E-state index contributed by atoms with van der Waals surface area (Å²) in [4.78, 5) is 10.0. The Labute approximate surface area is 292 Å².